The van der Waals surface area contributed by atoms with Crippen molar-refractivity contribution in [2.75, 3.05) is 13.1 Å². The van der Waals surface area contributed by atoms with Crippen LogP contribution in [0.3, 0.4) is 0 Å². The summed E-state index contributed by atoms with van der Waals surface area (Å²) in [7, 11) is 0. The lowest BCUT2D eigenvalue weighted by atomic mass is 10.2. The van der Waals surface area contributed by atoms with E-state index in [0.717, 1.165) is 17.8 Å². The van der Waals surface area contributed by atoms with Crippen LogP contribution in [0.4, 0.5) is 4.39 Å². The second-order valence-electron chi connectivity index (χ2n) is 6.47. The molecular weight excluding hydrogens is 498 g/mol. The number of hydrogen-bond donors (Lipinski definition) is 2. The van der Waals surface area contributed by atoms with E-state index in [4.69, 9.17) is 4.74 Å². The number of ether oxygens (including phenoxy) is 1. The molecule has 0 aliphatic carbocycles. The monoisotopic (exact) mass is 524 g/mol. The van der Waals surface area contributed by atoms with E-state index in [0.29, 0.717) is 24.8 Å². The number of nitrogens with one attached hydrogen (secondary N) is 2. The molecule has 1 atom stereocenters. The number of rotatable bonds is 8. The molecule has 0 aliphatic heterocycles. The Morgan fingerprint density at radius 2 is 2.00 bits per heavy atom. The van der Waals surface area contributed by atoms with Crippen molar-refractivity contribution < 1.29 is 9.13 Å². The summed E-state index contributed by atoms with van der Waals surface area (Å²) in [6.07, 6.45) is 3.02. The van der Waals surface area contributed by atoms with Crippen LogP contribution in [0, 0.1) is 5.82 Å². The van der Waals surface area contributed by atoms with Gasteiger partial charge in [-0.25, -0.2) is 19.0 Å². The molecule has 3 rings (SSSR count). The van der Waals surface area contributed by atoms with E-state index in [2.05, 4.69) is 25.7 Å². The van der Waals surface area contributed by atoms with E-state index in [1.165, 1.54) is 18.5 Å². The maximum Gasteiger partial charge on any atom is 0.191 e. The van der Waals surface area contributed by atoms with Gasteiger partial charge in [-0.15, -0.1) is 24.0 Å². The highest BCUT2D eigenvalue weighted by atomic mass is 127. The summed E-state index contributed by atoms with van der Waals surface area (Å²) in [6.45, 7) is 5.75. The SMILES string of the molecule is CCNC(=NCc1ccc(-n2cncn2)cc1)NCC(C)Oc1cccc(F)c1.I. The van der Waals surface area contributed by atoms with Gasteiger partial charge in [-0.3, -0.25) is 0 Å². The van der Waals surface area contributed by atoms with E-state index in [1.54, 1.807) is 23.1 Å². The summed E-state index contributed by atoms with van der Waals surface area (Å²) in [4.78, 5) is 8.56. The quantitative estimate of drug-likeness (QED) is 0.268. The third-order valence-electron chi connectivity index (χ3n) is 4.07. The molecule has 0 spiro atoms. The topological polar surface area (TPSA) is 76.4 Å². The van der Waals surface area contributed by atoms with Crippen molar-refractivity contribution in [2.45, 2.75) is 26.5 Å². The zero-order valence-electron chi connectivity index (χ0n) is 17.0. The summed E-state index contributed by atoms with van der Waals surface area (Å²) in [5.74, 6) is 0.892. The van der Waals surface area contributed by atoms with Gasteiger partial charge in [0.2, 0.25) is 0 Å². The molecular formula is C21H26FIN6O. The van der Waals surface area contributed by atoms with Crippen LogP contribution < -0.4 is 15.4 Å². The van der Waals surface area contributed by atoms with E-state index >= 15 is 0 Å². The Labute approximate surface area is 192 Å². The van der Waals surface area contributed by atoms with Crippen molar-refractivity contribution in [3.05, 3.63) is 72.6 Å². The Kier molecular flexibility index (Phi) is 9.52. The molecule has 0 saturated carbocycles. The van der Waals surface area contributed by atoms with E-state index in [9.17, 15) is 4.39 Å². The molecule has 1 unspecified atom stereocenters. The normalized spacial score (nSPS) is 12.0. The fraction of sp³-hybridized carbons (Fsp3) is 0.286. The van der Waals surface area contributed by atoms with Gasteiger partial charge in [0, 0.05) is 12.6 Å². The summed E-state index contributed by atoms with van der Waals surface area (Å²) in [5.41, 5.74) is 2.03. The molecule has 3 aromatic rings. The van der Waals surface area contributed by atoms with Crippen LogP contribution in [0.15, 0.2) is 66.2 Å². The molecule has 0 fully saturated rings. The standard InChI is InChI=1S/C21H25FN6O.HI/c1-3-24-21(25-12-16(2)29-20-6-4-5-18(22)11-20)26-13-17-7-9-19(10-8-17)28-15-23-14-27-28;/h4-11,14-16H,3,12-13H2,1-2H3,(H2,24,25,26);1H. The van der Waals surface area contributed by atoms with Gasteiger partial charge >= 0.3 is 0 Å². The van der Waals surface area contributed by atoms with Gasteiger partial charge in [0.25, 0.3) is 0 Å². The van der Waals surface area contributed by atoms with E-state index < -0.39 is 0 Å². The zero-order chi connectivity index (χ0) is 20.5. The van der Waals surface area contributed by atoms with Crippen molar-refractivity contribution in [2.24, 2.45) is 4.99 Å². The van der Waals surface area contributed by atoms with Crippen LogP contribution in [0.1, 0.15) is 19.4 Å². The number of benzene rings is 2. The number of halogens is 2. The Morgan fingerprint density at radius 3 is 2.67 bits per heavy atom. The summed E-state index contributed by atoms with van der Waals surface area (Å²) in [6, 6.07) is 14.1. The molecule has 0 amide bonds. The Hall–Kier alpha value is -2.69. The molecule has 0 radical (unpaired) electrons. The third-order valence-corrected chi connectivity index (χ3v) is 4.07. The molecule has 160 valence electrons. The maximum absolute atomic E-state index is 13.3. The fourth-order valence-electron chi connectivity index (χ4n) is 2.66. The van der Waals surface area contributed by atoms with Gasteiger partial charge in [-0.2, -0.15) is 5.10 Å². The molecule has 7 nitrogen and oxygen atoms in total. The first-order chi connectivity index (χ1) is 14.1. The van der Waals surface area contributed by atoms with Crippen molar-refractivity contribution >= 4 is 29.9 Å². The highest BCUT2D eigenvalue weighted by molar-refractivity contribution is 14.0. The van der Waals surface area contributed by atoms with Gasteiger partial charge < -0.3 is 15.4 Å². The van der Waals surface area contributed by atoms with Crippen LogP contribution in [-0.2, 0) is 6.54 Å². The van der Waals surface area contributed by atoms with Gasteiger partial charge in [0.05, 0.1) is 18.8 Å². The van der Waals surface area contributed by atoms with Crippen molar-refractivity contribution in [1.82, 2.24) is 25.4 Å². The molecule has 0 saturated heterocycles. The van der Waals surface area contributed by atoms with Crippen LogP contribution in [0.25, 0.3) is 5.69 Å². The maximum atomic E-state index is 13.3. The number of hydrogen-bond acceptors (Lipinski definition) is 4. The first kappa shape index (κ1) is 23.6. The van der Waals surface area contributed by atoms with E-state index in [1.807, 2.05) is 38.1 Å². The predicted octanol–water partition coefficient (Wildman–Crippen LogP) is 3.55. The second-order valence-corrected chi connectivity index (χ2v) is 6.47. The Balaban J connectivity index is 0.00000320. The van der Waals surface area contributed by atoms with Crippen LogP contribution in [0.2, 0.25) is 0 Å². The van der Waals surface area contributed by atoms with Gasteiger partial charge in [0.15, 0.2) is 5.96 Å². The number of guanidine groups is 1. The first-order valence-electron chi connectivity index (χ1n) is 9.52. The summed E-state index contributed by atoms with van der Waals surface area (Å²) >= 11 is 0. The fourth-order valence-corrected chi connectivity index (χ4v) is 2.66. The minimum Gasteiger partial charge on any atom is -0.489 e. The van der Waals surface area contributed by atoms with Gasteiger partial charge in [-0.05, 0) is 43.7 Å². The minimum atomic E-state index is -0.313. The van der Waals surface area contributed by atoms with Crippen LogP contribution in [0.5, 0.6) is 5.75 Å². The lowest BCUT2D eigenvalue weighted by Gasteiger charge is -2.17. The van der Waals surface area contributed by atoms with Crippen LogP contribution >= 0.6 is 24.0 Å². The van der Waals surface area contributed by atoms with Crippen LogP contribution in [-0.4, -0.2) is 39.9 Å². The molecule has 0 bridgehead atoms. The zero-order valence-corrected chi connectivity index (χ0v) is 19.3. The highest BCUT2D eigenvalue weighted by Crippen LogP contribution is 2.13. The summed E-state index contributed by atoms with van der Waals surface area (Å²) in [5, 5.41) is 10.6. The van der Waals surface area contributed by atoms with Gasteiger partial charge in [0.1, 0.15) is 30.3 Å². The molecule has 30 heavy (non-hydrogen) atoms. The molecule has 0 aliphatic rings. The average Bonchev–Trinajstić information content (AvgIpc) is 3.25. The van der Waals surface area contributed by atoms with Crippen molar-refractivity contribution in [3.63, 3.8) is 0 Å². The molecule has 9 heteroatoms. The largest absolute Gasteiger partial charge is 0.489 e. The predicted molar refractivity (Wildman–Crippen MR) is 126 cm³/mol. The van der Waals surface area contributed by atoms with Crippen molar-refractivity contribution in [3.8, 4) is 11.4 Å². The number of aromatic nitrogens is 3. The third kappa shape index (κ3) is 7.29. The molecule has 1 aromatic heterocycles. The average molecular weight is 524 g/mol. The Bertz CT molecular complexity index is 918. The smallest absolute Gasteiger partial charge is 0.191 e. The second kappa shape index (κ2) is 12.1. The molecule has 2 N–H and O–H groups in total. The molecule has 1 heterocycles. The van der Waals surface area contributed by atoms with Crippen molar-refractivity contribution in [1.29, 1.82) is 0 Å². The Morgan fingerprint density at radius 1 is 1.20 bits per heavy atom. The summed E-state index contributed by atoms with van der Waals surface area (Å²) < 4.78 is 20.7. The van der Waals surface area contributed by atoms with Gasteiger partial charge in [-0.1, -0.05) is 18.2 Å². The first-order valence-corrected chi connectivity index (χ1v) is 9.52. The number of nitrogens with zero attached hydrogens (tertiary/aromatic N) is 4. The lowest BCUT2D eigenvalue weighted by molar-refractivity contribution is 0.223. The lowest BCUT2D eigenvalue weighted by Crippen LogP contribution is -2.41. The minimum absolute atomic E-state index is 0. The number of aliphatic imine (C=N–C) groups is 1. The molecule has 2 aromatic carbocycles. The van der Waals surface area contributed by atoms with E-state index in [-0.39, 0.29) is 35.9 Å². The highest BCUT2D eigenvalue weighted by Gasteiger charge is 2.07.